The third kappa shape index (κ3) is 4.11. The lowest BCUT2D eigenvalue weighted by Gasteiger charge is -2.21. The summed E-state index contributed by atoms with van der Waals surface area (Å²) in [6.45, 7) is 3.38. The number of nitrogens with one attached hydrogen (secondary N) is 1. The van der Waals surface area contributed by atoms with E-state index in [1.54, 1.807) is 12.1 Å². The smallest absolute Gasteiger partial charge is 0.270 e. The van der Waals surface area contributed by atoms with Crippen molar-refractivity contribution < 1.29 is 18.7 Å². The first kappa shape index (κ1) is 18.5. The number of nitrogens with zero attached hydrogens (tertiary/aromatic N) is 1. The summed E-state index contributed by atoms with van der Waals surface area (Å²) in [7, 11) is 0. The molecule has 0 saturated heterocycles. The van der Waals surface area contributed by atoms with Crippen LogP contribution in [0.3, 0.4) is 0 Å². The van der Waals surface area contributed by atoms with Crippen LogP contribution in [0.5, 0.6) is 5.75 Å². The molecule has 3 rings (SSSR count). The molecule has 1 aromatic heterocycles. The predicted molar refractivity (Wildman–Crippen MR) is 97.5 cm³/mol. The molecule has 4 nitrogen and oxygen atoms in total. The molecule has 0 aliphatic heterocycles. The first-order chi connectivity index (χ1) is 12.8. The molecule has 2 aromatic carbocycles. The second-order valence-corrected chi connectivity index (χ2v) is 6.28. The molecule has 0 spiro atoms. The topological polar surface area (TPSA) is 62.2 Å². The zero-order chi connectivity index (χ0) is 19.6. The van der Waals surface area contributed by atoms with Crippen LogP contribution in [0.1, 0.15) is 38.9 Å². The SMILES string of the molecule is Cc1ccc(C(NC(=O)c2ccc(F)c(C)n2)c2cc(F)ccc2O)cc1. The molecule has 138 valence electrons. The van der Waals surface area contributed by atoms with Gasteiger partial charge in [-0.3, -0.25) is 4.79 Å². The van der Waals surface area contributed by atoms with Gasteiger partial charge in [-0.2, -0.15) is 0 Å². The molecular weight excluding hydrogens is 350 g/mol. The zero-order valence-electron chi connectivity index (χ0n) is 14.8. The molecular formula is C21H18F2N2O2. The average molecular weight is 368 g/mol. The lowest BCUT2D eigenvalue weighted by atomic mass is 9.96. The highest BCUT2D eigenvalue weighted by atomic mass is 19.1. The first-order valence-electron chi connectivity index (χ1n) is 8.34. The summed E-state index contributed by atoms with van der Waals surface area (Å²) in [6.07, 6.45) is 0. The van der Waals surface area contributed by atoms with E-state index in [1.807, 2.05) is 19.1 Å². The Labute approximate surface area is 155 Å². The van der Waals surface area contributed by atoms with Gasteiger partial charge >= 0.3 is 0 Å². The van der Waals surface area contributed by atoms with E-state index >= 15 is 0 Å². The molecule has 0 aliphatic rings. The van der Waals surface area contributed by atoms with Crippen LogP contribution in [-0.2, 0) is 0 Å². The van der Waals surface area contributed by atoms with Crippen LogP contribution >= 0.6 is 0 Å². The summed E-state index contributed by atoms with van der Waals surface area (Å²) in [6, 6.07) is 12.5. The van der Waals surface area contributed by atoms with Crippen molar-refractivity contribution in [2.24, 2.45) is 0 Å². The minimum absolute atomic E-state index is 0.0295. The van der Waals surface area contributed by atoms with Gasteiger partial charge in [0.2, 0.25) is 0 Å². The minimum atomic E-state index is -0.805. The van der Waals surface area contributed by atoms with Gasteiger partial charge in [0, 0.05) is 5.56 Å². The van der Waals surface area contributed by atoms with Gasteiger partial charge in [0.25, 0.3) is 5.91 Å². The van der Waals surface area contributed by atoms with E-state index in [0.717, 1.165) is 17.7 Å². The Morgan fingerprint density at radius 2 is 1.74 bits per heavy atom. The molecule has 1 amide bonds. The number of hydrogen-bond acceptors (Lipinski definition) is 3. The van der Waals surface area contributed by atoms with Crippen LogP contribution in [0.2, 0.25) is 0 Å². The van der Waals surface area contributed by atoms with Crippen LogP contribution in [0, 0.1) is 25.5 Å². The fourth-order valence-corrected chi connectivity index (χ4v) is 2.73. The van der Waals surface area contributed by atoms with Gasteiger partial charge in [-0.15, -0.1) is 0 Å². The number of aryl methyl sites for hydroxylation is 2. The van der Waals surface area contributed by atoms with E-state index < -0.39 is 23.6 Å². The molecule has 0 saturated carbocycles. The highest BCUT2D eigenvalue weighted by Crippen LogP contribution is 2.30. The summed E-state index contributed by atoms with van der Waals surface area (Å²) in [5, 5.41) is 13.0. The largest absolute Gasteiger partial charge is 0.508 e. The van der Waals surface area contributed by atoms with Crippen molar-refractivity contribution in [2.75, 3.05) is 0 Å². The monoisotopic (exact) mass is 368 g/mol. The standard InChI is InChI=1S/C21H18F2N2O2/c1-12-3-5-14(6-4-12)20(16-11-15(22)7-10-19(16)26)25-21(27)18-9-8-17(23)13(2)24-18/h3-11,20,26H,1-2H3,(H,25,27). The number of hydrogen-bond donors (Lipinski definition) is 2. The fraction of sp³-hybridized carbons (Fsp3) is 0.143. The number of pyridine rings is 1. The third-order valence-electron chi connectivity index (χ3n) is 4.24. The van der Waals surface area contributed by atoms with E-state index in [-0.39, 0.29) is 22.7 Å². The van der Waals surface area contributed by atoms with Gasteiger partial charge < -0.3 is 10.4 Å². The number of carbonyl (C=O) groups is 1. The number of carbonyl (C=O) groups excluding carboxylic acids is 1. The predicted octanol–water partition coefficient (Wildman–Crippen LogP) is 4.20. The molecule has 27 heavy (non-hydrogen) atoms. The van der Waals surface area contributed by atoms with Crippen LogP contribution in [0.4, 0.5) is 8.78 Å². The minimum Gasteiger partial charge on any atom is -0.508 e. The Hall–Kier alpha value is -3.28. The summed E-state index contributed by atoms with van der Waals surface area (Å²) in [4.78, 5) is 16.6. The molecule has 6 heteroatoms. The average Bonchev–Trinajstić information content (AvgIpc) is 2.65. The van der Waals surface area contributed by atoms with Gasteiger partial charge in [-0.1, -0.05) is 29.8 Å². The number of aromatic nitrogens is 1. The van der Waals surface area contributed by atoms with E-state index in [9.17, 15) is 18.7 Å². The van der Waals surface area contributed by atoms with Crippen LogP contribution in [0.15, 0.2) is 54.6 Å². The maximum Gasteiger partial charge on any atom is 0.270 e. The quantitative estimate of drug-likeness (QED) is 0.725. The normalized spacial score (nSPS) is 11.9. The number of phenolic OH excluding ortho intramolecular Hbond substituents is 1. The Bertz CT molecular complexity index is 988. The summed E-state index contributed by atoms with van der Waals surface area (Å²) < 4.78 is 27.2. The fourth-order valence-electron chi connectivity index (χ4n) is 2.73. The van der Waals surface area contributed by atoms with E-state index in [2.05, 4.69) is 10.3 Å². The van der Waals surface area contributed by atoms with Gasteiger partial charge in [0.15, 0.2) is 0 Å². The van der Waals surface area contributed by atoms with Crippen LogP contribution in [0.25, 0.3) is 0 Å². The lowest BCUT2D eigenvalue weighted by molar-refractivity contribution is 0.0937. The van der Waals surface area contributed by atoms with Gasteiger partial charge in [0.1, 0.15) is 23.1 Å². The van der Waals surface area contributed by atoms with Crippen molar-refractivity contribution >= 4 is 5.91 Å². The van der Waals surface area contributed by atoms with Crippen molar-refractivity contribution in [3.05, 3.63) is 94.3 Å². The second-order valence-electron chi connectivity index (χ2n) is 6.28. The second kappa shape index (κ2) is 7.53. The highest BCUT2D eigenvalue weighted by molar-refractivity contribution is 5.92. The van der Waals surface area contributed by atoms with E-state index in [4.69, 9.17) is 0 Å². The molecule has 0 radical (unpaired) electrons. The molecule has 0 bridgehead atoms. The zero-order valence-corrected chi connectivity index (χ0v) is 14.8. The summed E-state index contributed by atoms with van der Waals surface area (Å²) in [5.74, 6) is -1.76. The number of halogens is 2. The Morgan fingerprint density at radius 1 is 1.04 bits per heavy atom. The number of rotatable bonds is 4. The molecule has 0 fully saturated rings. The Kier molecular flexibility index (Phi) is 5.16. The molecule has 1 unspecified atom stereocenters. The Morgan fingerprint density at radius 3 is 2.41 bits per heavy atom. The van der Waals surface area contributed by atoms with Crippen molar-refractivity contribution in [3.63, 3.8) is 0 Å². The van der Waals surface area contributed by atoms with Crippen molar-refractivity contribution in [1.29, 1.82) is 0 Å². The van der Waals surface area contributed by atoms with Crippen LogP contribution in [-0.4, -0.2) is 16.0 Å². The van der Waals surface area contributed by atoms with Gasteiger partial charge in [0.05, 0.1) is 11.7 Å². The lowest BCUT2D eigenvalue weighted by Crippen LogP contribution is -2.30. The van der Waals surface area contributed by atoms with E-state index in [0.29, 0.717) is 5.56 Å². The van der Waals surface area contributed by atoms with Crippen molar-refractivity contribution in [1.82, 2.24) is 10.3 Å². The molecule has 1 heterocycles. The summed E-state index contributed by atoms with van der Waals surface area (Å²) in [5.41, 5.74) is 2.02. The molecule has 2 N–H and O–H groups in total. The van der Waals surface area contributed by atoms with Crippen molar-refractivity contribution in [2.45, 2.75) is 19.9 Å². The first-order valence-corrected chi connectivity index (χ1v) is 8.34. The summed E-state index contributed by atoms with van der Waals surface area (Å²) >= 11 is 0. The molecule has 3 aromatic rings. The number of benzene rings is 2. The third-order valence-corrected chi connectivity index (χ3v) is 4.24. The molecule has 1 atom stereocenters. The number of amides is 1. The number of aromatic hydroxyl groups is 1. The van der Waals surface area contributed by atoms with Gasteiger partial charge in [-0.05, 0) is 49.7 Å². The van der Waals surface area contributed by atoms with Gasteiger partial charge in [-0.25, -0.2) is 13.8 Å². The molecule has 0 aliphatic carbocycles. The highest BCUT2D eigenvalue weighted by Gasteiger charge is 2.22. The van der Waals surface area contributed by atoms with E-state index in [1.165, 1.54) is 25.1 Å². The maximum absolute atomic E-state index is 13.8. The number of phenols is 1. The van der Waals surface area contributed by atoms with Crippen LogP contribution < -0.4 is 5.32 Å². The maximum atomic E-state index is 13.8. The Balaban J connectivity index is 2.01. The van der Waals surface area contributed by atoms with Crippen molar-refractivity contribution in [3.8, 4) is 5.75 Å².